The number of rotatable bonds is 6. The molecule has 6 nitrogen and oxygen atoms in total. The molecular weight excluding hydrogens is 316 g/mol. The standard InChI is InChI=1S/C19H22N4O2/c1-13(2)17(14-7-9-20-10-8-14)18(24)21-11-12-23-16-6-4-3-5-15(16)22-19(23)25/h3-10,13,17H,11-12H2,1-2H3,(H,21,24)(H,22,25)/t17-/m1/s1. The Balaban J connectivity index is 1.69. The van der Waals surface area contributed by atoms with Crippen molar-refractivity contribution < 1.29 is 4.79 Å². The number of aromatic nitrogens is 3. The van der Waals surface area contributed by atoms with Crippen molar-refractivity contribution in [3.8, 4) is 0 Å². The van der Waals surface area contributed by atoms with E-state index >= 15 is 0 Å². The van der Waals surface area contributed by atoms with Gasteiger partial charge in [-0.3, -0.25) is 14.3 Å². The first-order valence-electron chi connectivity index (χ1n) is 8.43. The summed E-state index contributed by atoms with van der Waals surface area (Å²) in [5.74, 6) is -0.102. The molecule has 0 aliphatic heterocycles. The van der Waals surface area contributed by atoms with Crippen LogP contribution in [0, 0.1) is 5.92 Å². The van der Waals surface area contributed by atoms with Gasteiger partial charge in [-0.25, -0.2) is 4.79 Å². The highest BCUT2D eigenvalue weighted by atomic mass is 16.2. The van der Waals surface area contributed by atoms with Gasteiger partial charge in [0.05, 0.1) is 17.0 Å². The third-order valence-corrected chi connectivity index (χ3v) is 4.33. The molecule has 0 radical (unpaired) electrons. The topological polar surface area (TPSA) is 79.8 Å². The van der Waals surface area contributed by atoms with Crippen molar-refractivity contribution >= 4 is 16.9 Å². The monoisotopic (exact) mass is 338 g/mol. The van der Waals surface area contributed by atoms with E-state index in [1.165, 1.54) is 0 Å². The highest BCUT2D eigenvalue weighted by molar-refractivity contribution is 5.83. The Morgan fingerprint density at radius 2 is 1.92 bits per heavy atom. The summed E-state index contributed by atoms with van der Waals surface area (Å²) >= 11 is 0. The van der Waals surface area contributed by atoms with Crippen molar-refractivity contribution in [1.29, 1.82) is 0 Å². The van der Waals surface area contributed by atoms with Gasteiger partial charge in [0.25, 0.3) is 0 Å². The van der Waals surface area contributed by atoms with E-state index in [1.54, 1.807) is 17.0 Å². The van der Waals surface area contributed by atoms with Crippen LogP contribution in [0.25, 0.3) is 11.0 Å². The first-order chi connectivity index (χ1) is 12.1. The average Bonchev–Trinajstić information content (AvgIpc) is 2.91. The number of pyridine rings is 1. The maximum atomic E-state index is 12.6. The number of H-pyrrole nitrogens is 1. The fraction of sp³-hybridized carbons (Fsp3) is 0.316. The van der Waals surface area contributed by atoms with Gasteiger partial charge in [-0.1, -0.05) is 26.0 Å². The van der Waals surface area contributed by atoms with Crippen LogP contribution < -0.4 is 11.0 Å². The zero-order valence-electron chi connectivity index (χ0n) is 14.4. The molecule has 25 heavy (non-hydrogen) atoms. The predicted octanol–water partition coefficient (Wildman–Crippen LogP) is 2.28. The van der Waals surface area contributed by atoms with E-state index in [9.17, 15) is 9.59 Å². The number of carbonyl (C=O) groups excluding carboxylic acids is 1. The van der Waals surface area contributed by atoms with Crippen LogP contribution in [0.4, 0.5) is 0 Å². The van der Waals surface area contributed by atoms with E-state index in [2.05, 4.69) is 15.3 Å². The van der Waals surface area contributed by atoms with Crippen molar-refractivity contribution in [1.82, 2.24) is 19.9 Å². The van der Waals surface area contributed by atoms with E-state index < -0.39 is 0 Å². The van der Waals surface area contributed by atoms with Crippen LogP contribution in [0.1, 0.15) is 25.3 Å². The Morgan fingerprint density at radius 1 is 1.20 bits per heavy atom. The molecule has 0 aliphatic carbocycles. The minimum Gasteiger partial charge on any atom is -0.354 e. The molecule has 0 spiro atoms. The van der Waals surface area contributed by atoms with Gasteiger partial charge in [0.1, 0.15) is 0 Å². The molecule has 1 atom stereocenters. The van der Waals surface area contributed by atoms with Crippen LogP contribution in [0.15, 0.2) is 53.6 Å². The summed E-state index contributed by atoms with van der Waals surface area (Å²) in [5.41, 5.74) is 2.43. The Morgan fingerprint density at radius 3 is 2.64 bits per heavy atom. The molecule has 2 aromatic heterocycles. The molecule has 1 aromatic carbocycles. The molecule has 0 saturated heterocycles. The number of fused-ring (bicyclic) bond motifs is 1. The van der Waals surface area contributed by atoms with Crippen molar-refractivity contribution in [2.45, 2.75) is 26.3 Å². The van der Waals surface area contributed by atoms with E-state index in [-0.39, 0.29) is 23.4 Å². The number of benzene rings is 1. The number of hydrogen-bond donors (Lipinski definition) is 2. The molecule has 0 aliphatic rings. The number of imidazole rings is 1. The lowest BCUT2D eigenvalue weighted by Gasteiger charge is -2.20. The zero-order chi connectivity index (χ0) is 17.8. The van der Waals surface area contributed by atoms with E-state index in [0.29, 0.717) is 13.1 Å². The highest BCUT2D eigenvalue weighted by Gasteiger charge is 2.23. The number of carbonyl (C=O) groups is 1. The number of amides is 1. The molecule has 1 amide bonds. The second-order valence-corrected chi connectivity index (χ2v) is 6.39. The molecule has 6 heteroatoms. The summed E-state index contributed by atoms with van der Waals surface area (Å²) in [5, 5.41) is 2.96. The van der Waals surface area contributed by atoms with Crippen molar-refractivity contribution in [2.75, 3.05) is 6.54 Å². The molecule has 3 rings (SSSR count). The van der Waals surface area contributed by atoms with Crippen LogP contribution in [0.5, 0.6) is 0 Å². The molecule has 2 heterocycles. The molecule has 0 bridgehead atoms. The fourth-order valence-electron chi connectivity index (χ4n) is 3.14. The van der Waals surface area contributed by atoms with Crippen molar-refractivity contribution in [3.05, 3.63) is 64.8 Å². The molecular formula is C19H22N4O2. The Labute approximate surface area is 145 Å². The lowest BCUT2D eigenvalue weighted by atomic mass is 9.88. The summed E-state index contributed by atoms with van der Waals surface area (Å²) in [6, 6.07) is 11.3. The fourth-order valence-corrected chi connectivity index (χ4v) is 3.14. The zero-order valence-corrected chi connectivity index (χ0v) is 14.4. The number of aromatic amines is 1. The molecule has 3 aromatic rings. The smallest absolute Gasteiger partial charge is 0.326 e. The second kappa shape index (κ2) is 7.34. The summed E-state index contributed by atoms with van der Waals surface area (Å²) in [7, 11) is 0. The van der Waals surface area contributed by atoms with Crippen LogP contribution in [-0.2, 0) is 11.3 Å². The van der Waals surface area contributed by atoms with Crippen LogP contribution in [0.3, 0.4) is 0 Å². The number of para-hydroxylation sites is 2. The maximum Gasteiger partial charge on any atom is 0.326 e. The third-order valence-electron chi connectivity index (χ3n) is 4.33. The molecule has 0 saturated carbocycles. The molecule has 0 fully saturated rings. The predicted molar refractivity (Wildman–Crippen MR) is 97.4 cm³/mol. The minimum absolute atomic E-state index is 0.0332. The first-order valence-corrected chi connectivity index (χ1v) is 8.43. The average molecular weight is 338 g/mol. The van der Waals surface area contributed by atoms with Crippen LogP contribution >= 0.6 is 0 Å². The van der Waals surface area contributed by atoms with E-state index in [1.807, 2.05) is 50.2 Å². The van der Waals surface area contributed by atoms with Gasteiger partial charge in [0.15, 0.2) is 0 Å². The van der Waals surface area contributed by atoms with Crippen molar-refractivity contribution in [2.24, 2.45) is 5.92 Å². The van der Waals surface area contributed by atoms with Gasteiger partial charge in [0.2, 0.25) is 5.91 Å². The van der Waals surface area contributed by atoms with Crippen LogP contribution in [0.2, 0.25) is 0 Å². The van der Waals surface area contributed by atoms with Crippen molar-refractivity contribution in [3.63, 3.8) is 0 Å². The molecule has 0 unspecified atom stereocenters. The summed E-state index contributed by atoms with van der Waals surface area (Å²) < 4.78 is 1.65. The first kappa shape index (κ1) is 17.0. The van der Waals surface area contributed by atoms with Gasteiger partial charge in [-0.15, -0.1) is 0 Å². The SMILES string of the molecule is CC(C)[C@@H](C(=O)NCCn1c(=O)[nH]c2ccccc21)c1ccncc1. The lowest BCUT2D eigenvalue weighted by Crippen LogP contribution is -2.35. The van der Waals surface area contributed by atoms with Gasteiger partial charge in [-0.05, 0) is 35.7 Å². The minimum atomic E-state index is -0.234. The number of hydrogen-bond acceptors (Lipinski definition) is 3. The normalized spacial score (nSPS) is 12.4. The number of nitrogens with one attached hydrogen (secondary N) is 2. The Kier molecular flexibility index (Phi) is 4.97. The van der Waals surface area contributed by atoms with Gasteiger partial charge in [-0.2, -0.15) is 0 Å². The highest BCUT2D eigenvalue weighted by Crippen LogP contribution is 2.23. The quantitative estimate of drug-likeness (QED) is 0.724. The van der Waals surface area contributed by atoms with E-state index in [0.717, 1.165) is 16.6 Å². The summed E-state index contributed by atoms with van der Waals surface area (Å²) in [4.78, 5) is 31.5. The van der Waals surface area contributed by atoms with Crippen LogP contribution in [-0.4, -0.2) is 27.0 Å². The van der Waals surface area contributed by atoms with Gasteiger partial charge in [0, 0.05) is 25.5 Å². The summed E-state index contributed by atoms with van der Waals surface area (Å²) in [6.07, 6.45) is 3.40. The largest absolute Gasteiger partial charge is 0.354 e. The molecule has 130 valence electrons. The number of nitrogens with zero attached hydrogens (tertiary/aromatic N) is 2. The Hall–Kier alpha value is -2.89. The van der Waals surface area contributed by atoms with E-state index in [4.69, 9.17) is 0 Å². The van der Waals surface area contributed by atoms with Gasteiger partial charge >= 0.3 is 5.69 Å². The Bertz CT molecular complexity index is 912. The lowest BCUT2D eigenvalue weighted by molar-refractivity contribution is -0.123. The second-order valence-electron chi connectivity index (χ2n) is 6.39. The third kappa shape index (κ3) is 3.63. The summed E-state index contributed by atoms with van der Waals surface area (Å²) in [6.45, 7) is 4.87. The molecule has 2 N–H and O–H groups in total. The van der Waals surface area contributed by atoms with Gasteiger partial charge < -0.3 is 10.3 Å². The maximum absolute atomic E-state index is 12.6.